The van der Waals surface area contributed by atoms with E-state index in [1.165, 1.54) is 0 Å². The highest BCUT2D eigenvalue weighted by Gasteiger charge is 2.11. The number of amides is 1. The zero-order chi connectivity index (χ0) is 15.2. The smallest absolute Gasteiger partial charge is 0.287 e. The molecule has 1 amide bonds. The Morgan fingerprint density at radius 3 is 2.67 bits per heavy atom. The Hall–Kier alpha value is -2.49. The molecule has 0 saturated heterocycles. The highest BCUT2D eigenvalue weighted by molar-refractivity contribution is 5.91. The summed E-state index contributed by atoms with van der Waals surface area (Å²) in [5, 5.41) is 2.66. The maximum absolute atomic E-state index is 11.7. The molecule has 0 unspecified atom stereocenters. The van der Waals surface area contributed by atoms with Gasteiger partial charge in [0.25, 0.3) is 5.91 Å². The minimum absolute atomic E-state index is 0.256. The highest BCUT2D eigenvalue weighted by Crippen LogP contribution is 2.23. The van der Waals surface area contributed by atoms with Crippen LogP contribution in [0.1, 0.15) is 27.4 Å². The van der Waals surface area contributed by atoms with Crippen molar-refractivity contribution in [3.63, 3.8) is 0 Å². The number of aryl methyl sites for hydroxylation is 2. The second-order valence-electron chi connectivity index (χ2n) is 4.77. The van der Waals surface area contributed by atoms with Crippen LogP contribution in [-0.2, 0) is 6.61 Å². The zero-order valence-corrected chi connectivity index (χ0v) is 12.3. The molecule has 0 atom stereocenters. The third-order valence-electron chi connectivity index (χ3n) is 3.06. The number of carbonyl (C=O) groups excluding carboxylic acids is 1. The van der Waals surface area contributed by atoms with Gasteiger partial charge in [-0.15, -0.1) is 6.58 Å². The van der Waals surface area contributed by atoms with Crippen LogP contribution in [-0.4, -0.2) is 12.5 Å². The third-order valence-corrected chi connectivity index (χ3v) is 3.06. The molecule has 4 heteroatoms. The fourth-order valence-corrected chi connectivity index (χ4v) is 2.00. The number of ether oxygens (including phenoxy) is 1. The van der Waals surface area contributed by atoms with Crippen LogP contribution >= 0.6 is 0 Å². The van der Waals surface area contributed by atoms with E-state index in [0.29, 0.717) is 18.9 Å². The molecule has 0 aliphatic carbocycles. The summed E-state index contributed by atoms with van der Waals surface area (Å²) in [6.07, 6.45) is 1.62. The fourth-order valence-electron chi connectivity index (χ4n) is 2.00. The van der Waals surface area contributed by atoms with E-state index in [1.54, 1.807) is 18.2 Å². The van der Waals surface area contributed by atoms with Crippen molar-refractivity contribution in [3.05, 3.63) is 65.6 Å². The number of hydrogen-bond donors (Lipinski definition) is 1. The number of furan rings is 1. The van der Waals surface area contributed by atoms with Crippen LogP contribution in [0.25, 0.3) is 0 Å². The summed E-state index contributed by atoms with van der Waals surface area (Å²) in [7, 11) is 0. The number of carbonyl (C=O) groups is 1. The average molecular weight is 285 g/mol. The third kappa shape index (κ3) is 3.75. The van der Waals surface area contributed by atoms with Gasteiger partial charge >= 0.3 is 0 Å². The van der Waals surface area contributed by atoms with Crippen molar-refractivity contribution >= 4 is 5.91 Å². The van der Waals surface area contributed by atoms with Crippen LogP contribution in [0.15, 0.2) is 47.4 Å². The van der Waals surface area contributed by atoms with Crippen molar-refractivity contribution in [3.8, 4) is 5.75 Å². The lowest BCUT2D eigenvalue weighted by Crippen LogP contribution is -2.22. The Bertz CT molecular complexity index is 623. The molecule has 0 fully saturated rings. The summed E-state index contributed by atoms with van der Waals surface area (Å²) < 4.78 is 11.3. The average Bonchev–Trinajstić information content (AvgIpc) is 2.93. The van der Waals surface area contributed by atoms with Crippen LogP contribution in [0.5, 0.6) is 5.75 Å². The van der Waals surface area contributed by atoms with Crippen molar-refractivity contribution < 1.29 is 13.9 Å². The molecule has 1 aromatic heterocycles. The van der Waals surface area contributed by atoms with Gasteiger partial charge in [0.05, 0.1) is 0 Å². The van der Waals surface area contributed by atoms with Crippen molar-refractivity contribution in [2.45, 2.75) is 20.5 Å². The normalized spacial score (nSPS) is 10.2. The van der Waals surface area contributed by atoms with Gasteiger partial charge in [0, 0.05) is 6.54 Å². The molecular weight excluding hydrogens is 266 g/mol. The summed E-state index contributed by atoms with van der Waals surface area (Å²) in [5.74, 6) is 1.48. The number of nitrogens with one attached hydrogen (secondary N) is 1. The molecule has 0 saturated carbocycles. The first-order chi connectivity index (χ1) is 10.1. The first kappa shape index (κ1) is 14.9. The van der Waals surface area contributed by atoms with Gasteiger partial charge in [-0.05, 0) is 37.1 Å². The number of benzene rings is 1. The van der Waals surface area contributed by atoms with Gasteiger partial charge in [-0.3, -0.25) is 4.79 Å². The Labute approximate surface area is 124 Å². The molecule has 2 aromatic rings. The van der Waals surface area contributed by atoms with E-state index in [2.05, 4.69) is 11.9 Å². The standard InChI is InChI=1S/C17H19NO3/c1-4-10-18-17(19)15-9-8-14(21-15)11-20-16-12(2)6-5-7-13(16)3/h4-9H,1,10-11H2,2-3H3,(H,18,19). The minimum atomic E-state index is -0.256. The van der Waals surface area contributed by atoms with Crippen LogP contribution in [0.2, 0.25) is 0 Å². The summed E-state index contributed by atoms with van der Waals surface area (Å²) in [6.45, 7) is 8.25. The maximum atomic E-state index is 11.7. The topological polar surface area (TPSA) is 51.5 Å². The molecule has 1 heterocycles. The molecule has 0 spiro atoms. The summed E-state index contributed by atoms with van der Waals surface area (Å²) in [6, 6.07) is 9.38. The van der Waals surface area contributed by atoms with E-state index >= 15 is 0 Å². The van der Waals surface area contributed by atoms with Crippen molar-refractivity contribution in [2.75, 3.05) is 6.54 Å². The predicted octanol–water partition coefficient (Wildman–Crippen LogP) is 3.39. The van der Waals surface area contributed by atoms with Gasteiger partial charge in [-0.25, -0.2) is 0 Å². The predicted molar refractivity (Wildman–Crippen MR) is 81.5 cm³/mol. The van der Waals surface area contributed by atoms with E-state index in [1.807, 2.05) is 32.0 Å². The van der Waals surface area contributed by atoms with Crippen LogP contribution < -0.4 is 10.1 Å². The van der Waals surface area contributed by atoms with Crippen molar-refractivity contribution in [1.29, 1.82) is 0 Å². The molecule has 21 heavy (non-hydrogen) atoms. The Balaban J connectivity index is 2.00. The quantitative estimate of drug-likeness (QED) is 0.828. The van der Waals surface area contributed by atoms with Crippen molar-refractivity contribution in [2.24, 2.45) is 0 Å². The molecular formula is C17H19NO3. The molecule has 110 valence electrons. The van der Waals surface area contributed by atoms with E-state index in [0.717, 1.165) is 16.9 Å². The molecule has 0 radical (unpaired) electrons. The first-order valence-corrected chi connectivity index (χ1v) is 6.78. The Morgan fingerprint density at radius 1 is 1.29 bits per heavy atom. The fraction of sp³-hybridized carbons (Fsp3) is 0.235. The molecule has 0 bridgehead atoms. The maximum Gasteiger partial charge on any atom is 0.287 e. The van der Waals surface area contributed by atoms with Gasteiger partial charge in [-0.2, -0.15) is 0 Å². The van der Waals surface area contributed by atoms with Gasteiger partial charge in [0.2, 0.25) is 0 Å². The molecule has 1 N–H and O–H groups in total. The van der Waals surface area contributed by atoms with Crippen molar-refractivity contribution in [1.82, 2.24) is 5.32 Å². The van der Waals surface area contributed by atoms with Gasteiger partial charge in [0.15, 0.2) is 5.76 Å². The van der Waals surface area contributed by atoms with Gasteiger partial charge in [-0.1, -0.05) is 24.3 Å². The SMILES string of the molecule is C=CCNC(=O)c1ccc(COc2c(C)cccc2C)o1. The lowest BCUT2D eigenvalue weighted by molar-refractivity contribution is 0.0926. The number of para-hydroxylation sites is 1. The van der Waals surface area contributed by atoms with Crippen LogP contribution in [0, 0.1) is 13.8 Å². The summed E-state index contributed by atoms with van der Waals surface area (Å²) in [4.78, 5) is 11.7. The molecule has 0 aliphatic heterocycles. The van der Waals surface area contributed by atoms with E-state index in [4.69, 9.17) is 9.15 Å². The lowest BCUT2D eigenvalue weighted by atomic mass is 10.1. The van der Waals surface area contributed by atoms with E-state index in [9.17, 15) is 4.79 Å². The second kappa shape index (κ2) is 6.79. The van der Waals surface area contributed by atoms with Crippen LogP contribution in [0.4, 0.5) is 0 Å². The largest absolute Gasteiger partial charge is 0.485 e. The monoisotopic (exact) mass is 285 g/mol. The number of hydrogen-bond acceptors (Lipinski definition) is 3. The van der Waals surface area contributed by atoms with Gasteiger partial charge in [0.1, 0.15) is 18.1 Å². The lowest BCUT2D eigenvalue weighted by Gasteiger charge is -2.10. The highest BCUT2D eigenvalue weighted by atomic mass is 16.5. The molecule has 0 aliphatic rings. The van der Waals surface area contributed by atoms with Gasteiger partial charge < -0.3 is 14.5 Å². The van der Waals surface area contributed by atoms with E-state index in [-0.39, 0.29) is 11.7 Å². The van der Waals surface area contributed by atoms with Crippen LogP contribution in [0.3, 0.4) is 0 Å². The summed E-state index contributed by atoms with van der Waals surface area (Å²) >= 11 is 0. The molecule has 1 aromatic carbocycles. The number of rotatable bonds is 6. The molecule has 4 nitrogen and oxygen atoms in total. The minimum Gasteiger partial charge on any atom is -0.485 e. The van der Waals surface area contributed by atoms with E-state index < -0.39 is 0 Å². The Kier molecular flexibility index (Phi) is 4.82. The second-order valence-corrected chi connectivity index (χ2v) is 4.77. The summed E-state index contributed by atoms with van der Waals surface area (Å²) in [5.41, 5.74) is 2.15. The Morgan fingerprint density at radius 2 is 2.00 bits per heavy atom. The first-order valence-electron chi connectivity index (χ1n) is 6.78. The zero-order valence-electron chi connectivity index (χ0n) is 12.3. The molecule has 2 rings (SSSR count).